The smallest absolute Gasteiger partial charge is 0.0234 e. The summed E-state index contributed by atoms with van der Waals surface area (Å²) < 4.78 is 0. The average molecular weight is 335 g/mol. The second-order valence-corrected chi connectivity index (χ2v) is 8.60. The third kappa shape index (κ3) is 9.28. The molecule has 1 fully saturated rings. The first-order valence-electron chi connectivity index (χ1n) is 11.4. The van der Waals surface area contributed by atoms with E-state index < -0.39 is 0 Å². The average Bonchev–Trinajstić information content (AvgIpc) is 2.61. The first-order chi connectivity index (χ1) is 11.7. The molecule has 0 heteroatoms. The predicted molar refractivity (Wildman–Crippen MR) is 111 cm³/mol. The van der Waals surface area contributed by atoms with Crippen molar-refractivity contribution in [3.8, 4) is 0 Å². The second-order valence-electron chi connectivity index (χ2n) is 8.60. The summed E-state index contributed by atoms with van der Waals surface area (Å²) in [7, 11) is 0. The van der Waals surface area contributed by atoms with Crippen LogP contribution in [0.4, 0.5) is 0 Å². The standard InChI is InChI=1S/C24H46/c1-5-7-9-10-15-21(3)22(4)16-11-12-18-24-20-14-13-19-23(24)17-8-6-2/h21,23-24H,4-20H2,1-3H3. The Morgan fingerprint density at radius 2 is 1.46 bits per heavy atom. The van der Waals surface area contributed by atoms with Crippen molar-refractivity contribution in [2.24, 2.45) is 17.8 Å². The molecule has 1 rings (SSSR count). The number of hydrogen-bond donors (Lipinski definition) is 0. The maximum absolute atomic E-state index is 4.39. The molecule has 0 heterocycles. The molecule has 1 saturated carbocycles. The Balaban J connectivity index is 2.13. The molecule has 0 radical (unpaired) electrons. The van der Waals surface area contributed by atoms with Crippen LogP contribution in [0.25, 0.3) is 0 Å². The van der Waals surface area contributed by atoms with Gasteiger partial charge < -0.3 is 0 Å². The van der Waals surface area contributed by atoms with E-state index in [-0.39, 0.29) is 0 Å². The van der Waals surface area contributed by atoms with Gasteiger partial charge in [0.05, 0.1) is 0 Å². The van der Waals surface area contributed by atoms with Crippen molar-refractivity contribution >= 4 is 0 Å². The van der Waals surface area contributed by atoms with Crippen molar-refractivity contribution in [1.82, 2.24) is 0 Å². The van der Waals surface area contributed by atoms with Gasteiger partial charge in [-0.3, -0.25) is 0 Å². The minimum absolute atomic E-state index is 0.744. The van der Waals surface area contributed by atoms with E-state index in [1.807, 2.05) is 0 Å². The van der Waals surface area contributed by atoms with Crippen molar-refractivity contribution in [2.45, 2.75) is 124 Å². The molecule has 0 aliphatic heterocycles. The van der Waals surface area contributed by atoms with E-state index in [0.717, 1.165) is 17.8 Å². The van der Waals surface area contributed by atoms with Crippen LogP contribution in [0.5, 0.6) is 0 Å². The summed E-state index contributed by atoms with van der Waals surface area (Å²) in [6.07, 6.45) is 22.9. The van der Waals surface area contributed by atoms with Gasteiger partial charge in [-0.15, -0.1) is 0 Å². The maximum atomic E-state index is 4.39. The number of hydrogen-bond acceptors (Lipinski definition) is 0. The van der Waals surface area contributed by atoms with Crippen molar-refractivity contribution in [2.75, 3.05) is 0 Å². The van der Waals surface area contributed by atoms with Crippen molar-refractivity contribution in [3.63, 3.8) is 0 Å². The molecule has 3 unspecified atom stereocenters. The first-order valence-corrected chi connectivity index (χ1v) is 11.4. The molecule has 142 valence electrons. The van der Waals surface area contributed by atoms with Gasteiger partial charge in [0.1, 0.15) is 0 Å². The van der Waals surface area contributed by atoms with Gasteiger partial charge in [0.15, 0.2) is 0 Å². The Hall–Kier alpha value is -0.260. The molecule has 0 aromatic heterocycles. The quantitative estimate of drug-likeness (QED) is 0.220. The lowest BCUT2D eigenvalue weighted by Crippen LogP contribution is -2.19. The van der Waals surface area contributed by atoms with Gasteiger partial charge in [0, 0.05) is 0 Å². The lowest BCUT2D eigenvalue weighted by molar-refractivity contribution is 0.203. The topological polar surface area (TPSA) is 0 Å². The minimum atomic E-state index is 0.744. The summed E-state index contributed by atoms with van der Waals surface area (Å²) in [5, 5.41) is 0. The third-order valence-corrected chi connectivity index (χ3v) is 6.51. The van der Waals surface area contributed by atoms with Crippen LogP contribution in [0.3, 0.4) is 0 Å². The summed E-state index contributed by atoms with van der Waals surface area (Å²) in [6, 6.07) is 0. The highest BCUT2D eigenvalue weighted by molar-refractivity contribution is 4.98. The third-order valence-electron chi connectivity index (χ3n) is 6.51. The van der Waals surface area contributed by atoms with E-state index >= 15 is 0 Å². The number of allylic oxidation sites excluding steroid dienone is 1. The molecule has 0 spiro atoms. The van der Waals surface area contributed by atoms with Gasteiger partial charge in [0.25, 0.3) is 0 Å². The molecule has 3 atom stereocenters. The summed E-state index contributed by atoms with van der Waals surface area (Å²) in [4.78, 5) is 0. The fraction of sp³-hybridized carbons (Fsp3) is 0.917. The zero-order chi connectivity index (χ0) is 17.6. The van der Waals surface area contributed by atoms with Gasteiger partial charge in [-0.1, -0.05) is 116 Å². The SMILES string of the molecule is C=C(CCCCC1CCCCC1CCCC)C(C)CCCCCC. The largest absolute Gasteiger partial charge is 0.0996 e. The highest BCUT2D eigenvalue weighted by Crippen LogP contribution is 2.37. The van der Waals surface area contributed by atoms with Crippen molar-refractivity contribution in [3.05, 3.63) is 12.2 Å². The molecule has 0 aromatic rings. The monoisotopic (exact) mass is 334 g/mol. The zero-order valence-electron chi connectivity index (χ0n) is 17.3. The van der Waals surface area contributed by atoms with E-state index in [2.05, 4.69) is 27.4 Å². The number of rotatable bonds is 14. The molecule has 1 aliphatic carbocycles. The Kier molecular flexibility index (Phi) is 12.7. The number of unbranched alkanes of at least 4 members (excludes halogenated alkanes) is 5. The van der Waals surface area contributed by atoms with Gasteiger partial charge >= 0.3 is 0 Å². The predicted octanol–water partition coefficient (Wildman–Crippen LogP) is 8.71. The Labute approximate surface area is 153 Å². The fourth-order valence-electron chi connectivity index (χ4n) is 4.60. The highest BCUT2D eigenvalue weighted by atomic mass is 14.3. The van der Waals surface area contributed by atoms with Crippen molar-refractivity contribution in [1.29, 1.82) is 0 Å². The molecule has 0 aromatic carbocycles. The van der Waals surface area contributed by atoms with Gasteiger partial charge in [-0.2, -0.15) is 0 Å². The van der Waals surface area contributed by atoms with Gasteiger partial charge in [-0.25, -0.2) is 0 Å². The van der Waals surface area contributed by atoms with Crippen LogP contribution < -0.4 is 0 Å². The molecule has 0 amide bonds. The Morgan fingerprint density at radius 3 is 2.08 bits per heavy atom. The van der Waals surface area contributed by atoms with Crippen LogP contribution in [0.2, 0.25) is 0 Å². The summed E-state index contributed by atoms with van der Waals surface area (Å²) >= 11 is 0. The minimum Gasteiger partial charge on any atom is -0.0996 e. The molecule has 0 N–H and O–H groups in total. The normalized spacial score (nSPS) is 22.5. The zero-order valence-corrected chi connectivity index (χ0v) is 17.3. The summed E-state index contributed by atoms with van der Waals surface area (Å²) in [6.45, 7) is 11.4. The van der Waals surface area contributed by atoms with E-state index in [1.165, 1.54) is 108 Å². The molecule has 1 aliphatic rings. The first kappa shape index (κ1) is 21.8. The lowest BCUT2D eigenvalue weighted by Gasteiger charge is -2.32. The highest BCUT2D eigenvalue weighted by Gasteiger charge is 2.23. The van der Waals surface area contributed by atoms with Crippen LogP contribution in [0.15, 0.2) is 12.2 Å². The van der Waals surface area contributed by atoms with E-state index in [9.17, 15) is 0 Å². The molecule has 24 heavy (non-hydrogen) atoms. The van der Waals surface area contributed by atoms with E-state index in [1.54, 1.807) is 0 Å². The van der Waals surface area contributed by atoms with Crippen molar-refractivity contribution < 1.29 is 0 Å². The van der Waals surface area contributed by atoms with Crippen LogP contribution >= 0.6 is 0 Å². The molecule has 0 nitrogen and oxygen atoms in total. The lowest BCUT2D eigenvalue weighted by atomic mass is 9.74. The van der Waals surface area contributed by atoms with Crippen LogP contribution in [0, 0.1) is 17.8 Å². The van der Waals surface area contributed by atoms with E-state index in [4.69, 9.17) is 0 Å². The van der Waals surface area contributed by atoms with E-state index in [0.29, 0.717) is 0 Å². The van der Waals surface area contributed by atoms with Crippen LogP contribution in [0.1, 0.15) is 124 Å². The molecular weight excluding hydrogens is 288 g/mol. The molecular formula is C24H46. The van der Waals surface area contributed by atoms with Crippen LogP contribution in [-0.2, 0) is 0 Å². The summed E-state index contributed by atoms with van der Waals surface area (Å²) in [5.41, 5.74) is 1.53. The fourth-order valence-corrected chi connectivity index (χ4v) is 4.60. The van der Waals surface area contributed by atoms with Gasteiger partial charge in [-0.05, 0) is 37.0 Å². The molecule has 0 bridgehead atoms. The Bertz CT molecular complexity index is 303. The summed E-state index contributed by atoms with van der Waals surface area (Å²) in [5.74, 6) is 2.85. The second kappa shape index (κ2) is 14.0. The van der Waals surface area contributed by atoms with Gasteiger partial charge in [0.2, 0.25) is 0 Å². The molecule has 0 saturated heterocycles. The maximum Gasteiger partial charge on any atom is -0.0234 e. The van der Waals surface area contributed by atoms with Crippen LogP contribution in [-0.4, -0.2) is 0 Å². The Morgan fingerprint density at radius 1 is 0.833 bits per heavy atom.